The molecule has 0 aromatic heterocycles. The Kier molecular flexibility index (Phi) is 8.31. The Labute approximate surface area is 169 Å². The Balaban J connectivity index is 0.000000537. The van der Waals surface area contributed by atoms with Crippen LogP contribution in [0.4, 0.5) is 16.2 Å². The van der Waals surface area contributed by atoms with Gasteiger partial charge in [0.15, 0.2) is 0 Å². The lowest BCUT2D eigenvalue weighted by atomic mass is 10.0. The minimum absolute atomic E-state index is 0.313. The summed E-state index contributed by atoms with van der Waals surface area (Å²) in [6.45, 7) is 4.66. The average molecular weight is 393 g/mol. The molecule has 2 amide bonds. The van der Waals surface area contributed by atoms with Crippen LogP contribution in [-0.2, 0) is 16.0 Å². The van der Waals surface area contributed by atoms with Crippen LogP contribution >= 0.6 is 0 Å². The van der Waals surface area contributed by atoms with Crippen LogP contribution in [0.2, 0.25) is 0 Å². The van der Waals surface area contributed by atoms with Crippen LogP contribution in [-0.4, -0.2) is 19.1 Å². The predicted octanol–water partition coefficient (Wildman–Crippen LogP) is 5.04. The number of anilines is 2. The van der Waals surface area contributed by atoms with Gasteiger partial charge in [-0.3, -0.25) is 4.79 Å². The average Bonchev–Trinajstić information content (AvgIpc) is 2.94. The number of hydrogen-bond donors (Lipinski definition) is 2. The van der Waals surface area contributed by atoms with Gasteiger partial charge < -0.3 is 15.4 Å². The molecule has 2 aromatic carbocycles. The molecule has 2 aromatic rings. The van der Waals surface area contributed by atoms with Crippen LogP contribution in [0.3, 0.4) is 0 Å². The second kappa shape index (κ2) is 11.2. The van der Waals surface area contributed by atoms with Crippen molar-refractivity contribution in [2.45, 2.75) is 20.3 Å². The number of allylic oxidation sites excluding steroid dienone is 2. The molecule has 1 aliphatic rings. The van der Waals surface area contributed by atoms with E-state index in [0.29, 0.717) is 30.9 Å². The molecule has 0 bridgehead atoms. The molecule has 0 spiro atoms. The third kappa shape index (κ3) is 6.73. The molecule has 0 fully saturated rings. The number of carbonyl (C=O) groups is 2. The Morgan fingerprint density at radius 1 is 1.14 bits per heavy atom. The maximum atomic E-state index is 12.2. The van der Waals surface area contributed by atoms with Gasteiger partial charge in [-0.1, -0.05) is 42.0 Å². The van der Waals surface area contributed by atoms with E-state index < -0.39 is 0 Å². The van der Waals surface area contributed by atoms with E-state index in [0.717, 1.165) is 22.4 Å². The zero-order valence-electron chi connectivity index (χ0n) is 16.3. The number of carbonyl (C=O) groups excluding carboxylic acids is 2. The summed E-state index contributed by atoms with van der Waals surface area (Å²) in [6.07, 6.45) is 5.82. The summed E-state index contributed by atoms with van der Waals surface area (Å²) in [5.74, 6) is 0. The quantitative estimate of drug-likeness (QED) is 0.549. The summed E-state index contributed by atoms with van der Waals surface area (Å²) < 4.78 is 4.15. The molecule has 1 aliphatic carbocycles. The number of amides is 2. The van der Waals surface area contributed by atoms with Crippen LogP contribution in [0.1, 0.15) is 23.6 Å². The number of nitrogens with zero attached hydrogens (tertiary/aromatic N) is 1. The molecule has 3 rings (SSSR count). The molecule has 0 atom stereocenters. The van der Waals surface area contributed by atoms with Crippen LogP contribution in [0.15, 0.2) is 65.5 Å². The molecule has 150 valence electrons. The number of ether oxygens (including phenoxy) is 1. The Morgan fingerprint density at radius 2 is 1.90 bits per heavy atom. The third-order valence-electron chi connectivity index (χ3n) is 4.05. The molecule has 0 unspecified atom stereocenters. The Hall–Kier alpha value is -3.74. The maximum Gasteiger partial charge on any atom is 0.323 e. The van der Waals surface area contributed by atoms with Crippen molar-refractivity contribution >= 4 is 30.0 Å². The van der Waals surface area contributed by atoms with Gasteiger partial charge in [0.2, 0.25) is 0 Å². The standard InChI is InChI=1S/C19H17N3O2.C3H6O2/c1-13-5-8-15(9-6-13)20-19(23)21-18-4-2-3-14-7-10-16(22-24)11-12-17(14)18;1-2-5-3-4/h2-6,8-12H,7H2,1H3,(H2,20,21,23);3H,2H2,1H3. The summed E-state index contributed by atoms with van der Waals surface area (Å²) >= 11 is 0. The van der Waals surface area contributed by atoms with Crippen molar-refractivity contribution in [3.05, 3.63) is 81.9 Å². The molecule has 0 saturated carbocycles. The van der Waals surface area contributed by atoms with E-state index in [1.165, 1.54) is 0 Å². The minimum atomic E-state index is -0.313. The molecule has 7 nitrogen and oxygen atoms in total. The summed E-state index contributed by atoms with van der Waals surface area (Å²) in [7, 11) is 0. The zero-order chi connectivity index (χ0) is 21.1. The first-order valence-corrected chi connectivity index (χ1v) is 9.10. The fourth-order valence-corrected chi connectivity index (χ4v) is 2.61. The van der Waals surface area contributed by atoms with E-state index in [9.17, 15) is 14.5 Å². The highest BCUT2D eigenvalue weighted by molar-refractivity contribution is 6.01. The number of urea groups is 1. The number of rotatable bonds is 5. The second-order valence-corrected chi connectivity index (χ2v) is 6.13. The van der Waals surface area contributed by atoms with E-state index in [4.69, 9.17) is 0 Å². The SMILES string of the molecule is CCOC=O.Cc1ccc(NC(=O)Nc2cccc3c2C=CC(N=O)=CC3)cc1. The van der Waals surface area contributed by atoms with Crippen LogP contribution in [0, 0.1) is 11.8 Å². The van der Waals surface area contributed by atoms with E-state index in [1.54, 1.807) is 25.2 Å². The molecular weight excluding hydrogens is 370 g/mol. The molecule has 0 radical (unpaired) electrons. The fraction of sp³-hybridized carbons (Fsp3) is 0.182. The molecule has 0 aliphatic heterocycles. The van der Waals surface area contributed by atoms with Gasteiger partial charge in [-0.15, -0.1) is 4.91 Å². The number of aryl methyl sites for hydroxylation is 1. The molecule has 0 heterocycles. The van der Waals surface area contributed by atoms with Crippen molar-refractivity contribution in [2.24, 2.45) is 5.18 Å². The summed E-state index contributed by atoms with van der Waals surface area (Å²) in [5.41, 5.74) is 4.84. The zero-order valence-corrected chi connectivity index (χ0v) is 16.3. The van der Waals surface area contributed by atoms with Crippen LogP contribution in [0.5, 0.6) is 0 Å². The highest BCUT2D eigenvalue weighted by atomic mass is 16.5. The fourth-order valence-electron chi connectivity index (χ4n) is 2.61. The summed E-state index contributed by atoms with van der Waals surface area (Å²) in [6, 6.07) is 12.9. The third-order valence-corrected chi connectivity index (χ3v) is 4.05. The van der Waals surface area contributed by atoms with Gasteiger partial charge in [0, 0.05) is 16.9 Å². The van der Waals surface area contributed by atoms with Crippen molar-refractivity contribution < 1.29 is 14.3 Å². The summed E-state index contributed by atoms with van der Waals surface area (Å²) in [4.78, 5) is 32.1. The molecule has 7 heteroatoms. The first kappa shape index (κ1) is 21.6. The lowest BCUT2D eigenvalue weighted by Crippen LogP contribution is -2.20. The van der Waals surface area contributed by atoms with Crippen LogP contribution < -0.4 is 10.6 Å². The topological polar surface area (TPSA) is 96.9 Å². The number of benzene rings is 2. The normalized spacial score (nSPS) is 11.6. The highest BCUT2D eigenvalue weighted by Gasteiger charge is 2.11. The minimum Gasteiger partial charge on any atom is -0.468 e. The van der Waals surface area contributed by atoms with Gasteiger partial charge >= 0.3 is 6.03 Å². The monoisotopic (exact) mass is 393 g/mol. The molecular formula is C22H23N3O4. The first-order valence-electron chi connectivity index (χ1n) is 9.10. The molecule has 29 heavy (non-hydrogen) atoms. The van der Waals surface area contributed by atoms with Gasteiger partial charge in [-0.05, 0) is 55.3 Å². The van der Waals surface area contributed by atoms with Crippen molar-refractivity contribution in [3.63, 3.8) is 0 Å². The van der Waals surface area contributed by atoms with Gasteiger partial charge in [0.1, 0.15) is 5.70 Å². The highest BCUT2D eigenvalue weighted by Crippen LogP contribution is 2.26. The van der Waals surface area contributed by atoms with Gasteiger partial charge in [-0.2, -0.15) is 0 Å². The van der Waals surface area contributed by atoms with Gasteiger partial charge in [0.25, 0.3) is 6.47 Å². The smallest absolute Gasteiger partial charge is 0.323 e. The summed E-state index contributed by atoms with van der Waals surface area (Å²) in [5, 5.41) is 8.63. The number of hydrogen-bond acceptors (Lipinski definition) is 5. The van der Waals surface area contributed by atoms with Gasteiger partial charge in [-0.25, -0.2) is 4.79 Å². The number of fused-ring (bicyclic) bond motifs is 1. The first-order chi connectivity index (χ1) is 14.1. The van der Waals surface area contributed by atoms with Crippen molar-refractivity contribution in [2.75, 3.05) is 17.2 Å². The largest absolute Gasteiger partial charge is 0.468 e. The second-order valence-electron chi connectivity index (χ2n) is 6.13. The number of nitrogens with one attached hydrogen (secondary N) is 2. The Morgan fingerprint density at radius 3 is 2.52 bits per heavy atom. The maximum absolute atomic E-state index is 12.2. The lowest BCUT2D eigenvalue weighted by Gasteiger charge is -2.12. The van der Waals surface area contributed by atoms with E-state index in [1.807, 2.05) is 49.4 Å². The molecule has 2 N–H and O–H groups in total. The van der Waals surface area contributed by atoms with Crippen LogP contribution in [0.25, 0.3) is 6.08 Å². The van der Waals surface area contributed by atoms with E-state index >= 15 is 0 Å². The van der Waals surface area contributed by atoms with E-state index in [2.05, 4.69) is 20.5 Å². The molecule has 0 saturated heterocycles. The van der Waals surface area contributed by atoms with E-state index in [-0.39, 0.29) is 6.03 Å². The van der Waals surface area contributed by atoms with Crippen molar-refractivity contribution in [1.29, 1.82) is 0 Å². The van der Waals surface area contributed by atoms with Crippen molar-refractivity contribution in [1.82, 2.24) is 0 Å². The lowest BCUT2D eigenvalue weighted by molar-refractivity contribution is -0.128. The predicted molar refractivity (Wildman–Crippen MR) is 115 cm³/mol. The van der Waals surface area contributed by atoms with Crippen molar-refractivity contribution in [3.8, 4) is 0 Å². The number of nitroso groups, excluding NO2 is 1. The Bertz CT molecular complexity index is 918. The van der Waals surface area contributed by atoms with Gasteiger partial charge in [0.05, 0.1) is 6.61 Å².